The number of rotatable bonds is 7. The van der Waals surface area contributed by atoms with E-state index < -0.39 is 23.5 Å². The molecule has 3 heterocycles. The second kappa shape index (κ2) is 9.06. The number of Topliss-reactive ketones (excluding diaryl/α,β-unsaturated/α-hetero) is 1. The minimum Gasteiger partial charge on any atom is -0.503 e. The molecule has 2 aromatic heterocycles. The zero-order valence-corrected chi connectivity index (χ0v) is 20.0. The van der Waals surface area contributed by atoms with Crippen molar-refractivity contribution in [2.75, 3.05) is 11.5 Å². The van der Waals surface area contributed by atoms with Gasteiger partial charge in [-0.25, -0.2) is 4.98 Å². The fraction of sp³-hybridized carbons (Fsp3) is 0.0800. The summed E-state index contributed by atoms with van der Waals surface area (Å²) in [5.74, 6) is -1.03. The van der Waals surface area contributed by atoms with Crippen LogP contribution in [-0.4, -0.2) is 28.4 Å². The molecule has 4 aromatic rings. The normalized spacial score (nSPS) is 15.9. The Bertz CT molecular complexity index is 1440. The zero-order valence-electron chi connectivity index (χ0n) is 17.6. The Morgan fingerprint density at radius 2 is 2.03 bits per heavy atom. The van der Waals surface area contributed by atoms with Gasteiger partial charge in [-0.3, -0.25) is 14.5 Å². The highest BCUT2D eigenvalue weighted by atomic mass is 35.5. The summed E-state index contributed by atoms with van der Waals surface area (Å²) in [4.78, 5) is 33.1. The van der Waals surface area contributed by atoms with Gasteiger partial charge in [-0.1, -0.05) is 53.8 Å². The molecular formula is C25H17ClN2O4S2. The number of carbonyl (C=O) groups is 2. The van der Waals surface area contributed by atoms with Gasteiger partial charge in [-0.05, 0) is 47.3 Å². The number of halogens is 1. The summed E-state index contributed by atoms with van der Waals surface area (Å²) >= 11 is 8.64. The largest absolute Gasteiger partial charge is 0.503 e. The van der Waals surface area contributed by atoms with Crippen LogP contribution < -0.4 is 9.64 Å². The number of hydrogen-bond acceptors (Lipinski definition) is 7. The van der Waals surface area contributed by atoms with Crippen LogP contribution in [0.15, 0.2) is 84.0 Å². The highest BCUT2D eigenvalue weighted by molar-refractivity contribution is 7.22. The molecule has 0 saturated heterocycles. The summed E-state index contributed by atoms with van der Waals surface area (Å²) in [6.07, 6.45) is 1.64. The molecule has 0 spiro atoms. The molecule has 1 unspecified atom stereocenters. The van der Waals surface area contributed by atoms with Gasteiger partial charge in [-0.15, -0.1) is 11.3 Å². The van der Waals surface area contributed by atoms with Crippen molar-refractivity contribution in [3.63, 3.8) is 0 Å². The molecule has 170 valence electrons. The van der Waals surface area contributed by atoms with Crippen molar-refractivity contribution >= 4 is 61.3 Å². The number of ether oxygens (including phenoxy) is 1. The van der Waals surface area contributed by atoms with Crippen molar-refractivity contribution in [1.29, 1.82) is 0 Å². The minimum atomic E-state index is -0.855. The Hall–Kier alpha value is -3.46. The summed E-state index contributed by atoms with van der Waals surface area (Å²) in [6.45, 7) is 3.99. The number of hydrogen-bond donors (Lipinski definition) is 1. The standard InChI is InChI=1S/C25H17ClN2O4S2/c1-2-11-32-16-8-5-14(6-9-16)21-20(22(29)18-4-3-12-33-18)23(30)24(31)28(21)25-27-17-10-7-15(26)13-19(17)34-25/h2-10,12-13,21,30H,1,11H2. The van der Waals surface area contributed by atoms with Crippen molar-refractivity contribution < 1.29 is 19.4 Å². The average Bonchev–Trinajstić information content (AvgIpc) is 3.56. The number of anilines is 1. The van der Waals surface area contributed by atoms with Crippen molar-refractivity contribution in [3.8, 4) is 5.75 Å². The Morgan fingerprint density at radius 3 is 2.74 bits per heavy atom. The first-order valence-corrected chi connectivity index (χ1v) is 12.3. The van der Waals surface area contributed by atoms with Crippen molar-refractivity contribution in [1.82, 2.24) is 4.98 Å². The maximum absolute atomic E-state index is 13.4. The van der Waals surface area contributed by atoms with Gasteiger partial charge in [-0.2, -0.15) is 0 Å². The molecule has 1 N–H and O–H groups in total. The molecule has 0 fully saturated rings. The van der Waals surface area contributed by atoms with Crippen LogP contribution in [0.5, 0.6) is 5.75 Å². The number of amides is 1. The Kier molecular flexibility index (Phi) is 5.95. The van der Waals surface area contributed by atoms with Crippen LogP contribution >= 0.6 is 34.3 Å². The second-order valence-corrected chi connectivity index (χ2v) is 9.82. The first-order chi connectivity index (χ1) is 16.5. The van der Waals surface area contributed by atoms with Crippen molar-refractivity contribution in [2.45, 2.75) is 6.04 Å². The van der Waals surface area contributed by atoms with Crippen LogP contribution in [0.3, 0.4) is 0 Å². The lowest BCUT2D eigenvalue weighted by Crippen LogP contribution is -2.30. The minimum absolute atomic E-state index is 0.0181. The molecule has 9 heteroatoms. The highest BCUT2D eigenvalue weighted by Crippen LogP contribution is 2.44. The summed E-state index contributed by atoms with van der Waals surface area (Å²) in [5.41, 5.74) is 1.33. The predicted molar refractivity (Wildman–Crippen MR) is 135 cm³/mol. The average molecular weight is 509 g/mol. The maximum atomic E-state index is 13.4. The van der Waals surface area contributed by atoms with Crippen LogP contribution in [0.2, 0.25) is 5.02 Å². The third kappa shape index (κ3) is 3.90. The lowest BCUT2D eigenvalue weighted by atomic mass is 9.95. The maximum Gasteiger partial charge on any atom is 0.296 e. The van der Waals surface area contributed by atoms with Crippen LogP contribution in [0, 0.1) is 0 Å². The number of aliphatic hydroxyl groups is 1. The Labute approximate surface area is 208 Å². The molecule has 1 atom stereocenters. The monoisotopic (exact) mass is 508 g/mol. The van der Waals surface area contributed by atoms with E-state index >= 15 is 0 Å². The van der Waals surface area contributed by atoms with Crippen LogP contribution in [0.4, 0.5) is 5.13 Å². The van der Waals surface area contributed by atoms with E-state index in [1.165, 1.54) is 27.6 Å². The smallest absolute Gasteiger partial charge is 0.296 e. The van der Waals surface area contributed by atoms with E-state index in [0.29, 0.717) is 38.5 Å². The van der Waals surface area contributed by atoms with Gasteiger partial charge in [0, 0.05) is 5.02 Å². The van der Waals surface area contributed by atoms with Gasteiger partial charge in [0.15, 0.2) is 10.9 Å². The lowest BCUT2D eigenvalue weighted by molar-refractivity contribution is -0.117. The summed E-state index contributed by atoms with van der Waals surface area (Å²) in [7, 11) is 0. The molecule has 6 nitrogen and oxygen atoms in total. The lowest BCUT2D eigenvalue weighted by Gasteiger charge is -2.24. The van der Waals surface area contributed by atoms with E-state index in [-0.39, 0.29) is 5.57 Å². The second-order valence-electron chi connectivity index (χ2n) is 7.42. The molecule has 0 aliphatic carbocycles. The van der Waals surface area contributed by atoms with Crippen LogP contribution in [0.25, 0.3) is 10.2 Å². The number of carbonyl (C=O) groups excluding carboxylic acids is 2. The summed E-state index contributed by atoms with van der Waals surface area (Å²) < 4.78 is 6.35. The number of fused-ring (bicyclic) bond motifs is 1. The van der Waals surface area contributed by atoms with E-state index in [9.17, 15) is 14.7 Å². The first kappa shape index (κ1) is 22.3. The molecule has 1 aliphatic heterocycles. The third-order valence-corrected chi connectivity index (χ3v) is 7.43. The van der Waals surface area contributed by atoms with Gasteiger partial charge >= 0.3 is 0 Å². The summed E-state index contributed by atoms with van der Waals surface area (Å²) in [5, 5.41) is 13.6. The number of aliphatic hydroxyl groups excluding tert-OH is 1. The van der Waals surface area contributed by atoms with Crippen LogP contribution in [-0.2, 0) is 4.79 Å². The topological polar surface area (TPSA) is 79.7 Å². The molecule has 0 saturated carbocycles. The SMILES string of the molecule is C=CCOc1ccc(C2C(C(=O)c3cccs3)=C(O)C(=O)N2c2nc3ccc(Cl)cc3s2)cc1. The number of nitrogens with zero attached hydrogens (tertiary/aromatic N) is 2. The number of benzene rings is 2. The number of thiophene rings is 1. The summed E-state index contributed by atoms with van der Waals surface area (Å²) in [6, 6.07) is 14.9. The first-order valence-electron chi connectivity index (χ1n) is 10.2. The van der Waals surface area contributed by atoms with Crippen molar-refractivity contribution in [3.05, 3.63) is 99.4 Å². The van der Waals surface area contributed by atoms with E-state index in [2.05, 4.69) is 11.6 Å². The molecule has 0 radical (unpaired) electrons. The predicted octanol–water partition coefficient (Wildman–Crippen LogP) is 6.36. The Morgan fingerprint density at radius 1 is 1.24 bits per heavy atom. The van der Waals surface area contributed by atoms with E-state index in [0.717, 1.165) is 4.70 Å². The van der Waals surface area contributed by atoms with Gasteiger partial charge < -0.3 is 9.84 Å². The molecule has 5 rings (SSSR count). The van der Waals surface area contributed by atoms with Gasteiger partial charge in [0.2, 0.25) is 5.78 Å². The van der Waals surface area contributed by atoms with E-state index in [1.54, 1.807) is 66.1 Å². The van der Waals surface area contributed by atoms with E-state index in [4.69, 9.17) is 16.3 Å². The Balaban J connectivity index is 1.63. The molecule has 34 heavy (non-hydrogen) atoms. The fourth-order valence-corrected chi connectivity index (χ4v) is 5.73. The van der Waals surface area contributed by atoms with E-state index in [1.807, 2.05) is 0 Å². The van der Waals surface area contributed by atoms with Gasteiger partial charge in [0.05, 0.1) is 26.7 Å². The highest BCUT2D eigenvalue weighted by Gasteiger charge is 2.46. The number of thiazole rings is 1. The van der Waals surface area contributed by atoms with Gasteiger partial charge in [0.25, 0.3) is 5.91 Å². The fourth-order valence-electron chi connectivity index (χ4n) is 3.78. The van der Waals surface area contributed by atoms with Gasteiger partial charge in [0.1, 0.15) is 12.4 Å². The quantitative estimate of drug-likeness (QED) is 0.232. The zero-order chi connectivity index (χ0) is 23.8. The molecular weight excluding hydrogens is 492 g/mol. The van der Waals surface area contributed by atoms with Crippen molar-refractivity contribution in [2.24, 2.45) is 0 Å². The molecule has 2 aromatic carbocycles. The molecule has 1 amide bonds. The number of aromatic nitrogens is 1. The number of ketones is 1. The van der Waals surface area contributed by atoms with Crippen LogP contribution in [0.1, 0.15) is 21.3 Å². The molecule has 0 bridgehead atoms. The molecule has 1 aliphatic rings. The third-order valence-electron chi connectivity index (χ3n) is 5.31.